The standard InChI is InChI=1S/C20H27FN2O2/c21-16-7-5-6-15(14-16)12-13-23(17-8-1-2-9-17)20(25)18-10-3-4-11-19(24)22-18/h5-7,14,17-18H,1-4,8-13H2,(H,22,24). The van der Waals surface area contributed by atoms with Crippen LogP contribution in [0.3, 0.4) is 0 Å². The lowest BCUT2D eigenvalue weighted by Crippen LogP contribution is -2.51. The second kappa shape index (κ2) is 8.45. The molecule has 5 heteroatoms. The number of benzene rings is 1. The minimum absolute atomic E-state index is 0.0210. The lowest BCUT2D eigenvalue weighted by Gasteiger charge is -2.32. The highest BCUT2D eigenvalue weighted by Gasteiger charge is 2.32. The van der Waals surface area contributed by atoms with Crippen LogP contribution in [0.15, 0.2) is 24.3 Å². The Balaban J connectivity index is 1.69. The number of carbonyl (C=O) groups is 2. The van der Waals surface area contributed by atoms with Crippen molar-refractivity contribution in [2.24, 2.45) is 0 Å². The van der Waals surface area contributed by atoms with Crippen LogP contribution in [-0.2, 0) is 16.0 Å². The van der Waals surface area contributed by atoms with Gasteiger partial charge in [0.15, 0.2) is 0 Å². The molecule has 1 heterocycles. The van der Waals surface area contributed by atoms with Crippen LogP contribution in [-0.4, -0.2) is 35.3 Å². The maximum Gasteiger partial charge on any atom is 0.245 e. The summed E-state index contributed by atoms with van der Waals surface area (Å²) >= 11 is 0. The highest BCUT2D eigenvalue weighted by molar-refractivity contribution is 5.88. The van der Waals surface area contributed by atoms with E-state index in [0.29, 0.717) is 25.8 Å². The zero-order valence-electron chi connectivity index (χ0n) is 14.7. The molecule has 1 aliphatic carbocycles. The molecule has 0 aromatic heterocycles. The molecule has 1 N–H and O–H groups in total. The molecule has 4 nitrogen and oxygen atoms in total. The van der Waals surface area contributed by atoms with Gasteiger partial charge in [-0.05, 0) is 49.8 Å². The number of carbonyl (C=O) groups excluding carboxylic acids is 2. The van der Waals surface area contributed by atoms with Crippen molar-refractivity contribution in [2.75, 3.05) is 6.54 Å². The Labute approximate surface area is 148 Å². The largest absolute Gasteiger partial charge is 0.344 e. The van der Waals surface area contributed by atoms with E-state index in [1.165, 1.54) is 12.1 Å². The predicted octanol–water partition coefficient (Wildman–Crippen LogP) is 3.20. The van der Waals surface area contributed by atoms with E-state index in [1.54, 1.807) is 6.07 Å². The van der Waals surface area contributed by atoms with Crippen molar-refractivity contribution in [2.45, 2.75) is 69.9 Å². The van der Waals surface area contributed by atoms with Crippen LogP contribution >= 0.6 is 0 Å². The number of hydrogen-bond donors (Lipinski definition) is 1. The fraction of sp³-hybridized carbons (Fsp3) is 0.600. The van der Waals surface area contributed by atoms with Gasteiger partial charge in [0.1, 0.15) is 11.9 Å². The van der Waals surface area contributed by atoms with Crippen molar-refractivity contribution in [3.63, 3.8) is 0 Å². The van der Waals surface area contributed by atoms with Gasteiger partial charge >= 0.3 is 0 Å². The number of nitrogens with one attached hydrogen (secondary N) is 1. The third-order valence-corrected chi connectivity index (χ3v) is 5.36. The van der Waals surface area contributed by atoms with Gasteiger partial charge in [0.05, 0.1) is 0 Å². The average Bonchev–Trinajstić information content (AvgIpc) is 3.03. The normalized spacial score (nSPS) is 21.6. The van der Waals surface area contributed by atoms with E-state index in [0.717, 1.165) is 44.1 Å². The van der Waals surface area contributed by atoms with Gasteiger partial charge in [-0.15, -0.1) is 0 Å². The Hall–Kier alpha value is -1.91. The molecule has 25 heavy (non-hydrogen) atoms. The maximum atomic E-state index is 13.4. The van der Waals surface area contributed by atoms with E-state index in [1.807, 2.05) is 11.0 Å². The van der Waals surface area contributed by atoms with Crippen LogP contribution in [0.4, 0.5) is 4.39 Å². The number of halogens is 1. The zero-order valence-corrected chi connectivity index (χ0v) is 14.7. The second-order valence-corrected chi connectivity index (χ2v) is 7.22. The molecular formula is C20H27FN2O2. The Kier molecular flexibility index (Phi) is 6.05. The fourth-order valence-corrected chi connectivity index (χ4v) is 3.99. The number of amides is 2. The monoisotopic (exact) mass is 346 g/mol. The summed E-state index contributed by atoms with van der Waals surface area (Å²) in [5, 5.41) is 2.90. The molecule has 0 radical (unpaired) electrons. The van der Waals surface area contributed by atoms with Crippen LogP contribution < -0.4 is 5.32 Å². The first kappa shape index (κ1) is 17.9. The van der Waals surface area contributed by atoms with Crippen molar-refractivity contribution in [3.05, 3.63) is 35.6 Å². The molecule has 136 valence electrons. The molecule has 0 spiro atoms. The average molecular weight is 346 g/mol. The summed E-state index contributed by atoms with van der Waals surface area (Å²) in [6, 6.07) is 6.42. The van der Waals surface area contributed by atoms with Gasteiger partial charge < -0.3 is 10.2 Å². The van der Waals surface area contributed by atoms with Crippen molar-refractivity contribution >= 4 is 11.8 Å². The molecule has 1 atom stereocenters. The first-order valence-electron chi connectivity index (χ1n) is 9.48. The van der Waals surface area contributed by atoms with Gasteiger partial charge in [0.2, 0.25) is 11.8 Å². The third-order valence-electron chi connectivity index (χ3n) is 5.36. The molecule has 1 saturated carbocycles. The first-order valence-corrected chi connectivity index (χ1v) is 9.48. The fourth-order valence-electron chi connectivity index (χ4n) is 3.99. The molecule has 1 unspecified atom stereocenters. The van der Waals surface area contributed by atoms with Gasteiger partial charge in [-0.2, -0.15) is 0 Å². The number of rotatable bonds is 5. The second-order valence-electron chi connectivity index (χ2n) is 7.22. The molecular weight excluding hydrogens is 319 g/mol. The summed E-state index contributed by atoms with van der Waals surface area (Å²) in [6.45, 7) is 0.583. The van der Waals surface area contributed by atoms with Gasteiger partial charge in [-0.1, -0.05) is 31.4 Å². The summed E-state index contributed by atoms with van der Waals surface area (Å²) in [5.74, 6) is -0.224. The van der Waals surface area contributed by atoms with E-state index in [-0.39, 0.29) is 23.7 Å². The van der Waals surface area contributed by atoms with Crippen molar-refractivity contribution in [1.29, 1.82) is 0 Å². The molecule has 1 aliphatic heterocycles. The van der Waals surface area contributed by atoms with Crippen LogP contribution in [0.5, 0.6) is 0 Å². The lowest BCUT2D eigenvalue weighted by molar-refractivity contribution is -0.138. The summed E-state index contributed by atoms with van der Waals surface area (Å²) in [5.41, 5.74) is 0.903. The van der Waals surface area contributed by atoms with Crippen molar-refractivity contribution in [1.82, 2.24) is 10.2 Å². The molecule has 2 fully saturated rings. The summed E-state index contributed by atoms with van der Waals surface area (Å²) in [6.07, 6.45) is 7.95. The molecule has 1 saturated heterocycles. The van der Waals surface area contributed by atoms with E-state index >= 15 is 0 Å². The maximum absolute atomic E-state index is 13.4. The summed E-state index contributed by atoms with van der Waals surface area (Å²) in [7, 11) is 0. The molecule has 2 aliphatic rings. The van der Waals surface area contributed by atoms with Gasteiger partial charge in [0, 0.05) is 19.0 Å². The minimum atomic E-state index is -0.400. The number of nitrogens with zero attached hydrogens (tertiary/aromatic N) is 1. The molecule has 1 aromatic rings. The van der Waals surface area contributed by atoms with E-state index in [2.05, 4.69) is 5.32 Å². The quantitative estimate of drug-likeness (QED) is 0.890. The summed E-state index contributed by atoms with van der Waals surface area (Å²) in [4.78, 5) is 26.9. The first-order chi connectivity index (χ1) is 12.1. The van der Waals surface area contributed by atoms with E-state index < -0.39 is 6.04 Å². The molecule has 0 bridgehead atoms. The topological polar surface area (TPSA) is 49.4 Å². The third kappa shape index (κ3) is 4.80. The van der Waals surface area contributed by atoms with Gasteiger partial charge in [-0.25, -0.2) is 4.39 Å². The lowest BCUT2D eigenvalue weighted by atomic mass is 10.1. The Morgan fingerprint density at radius 3 is 2.68 bits per heavy atom. The van der Waals surface area contributed by atoms with E-state index in [9.17, 15) is 14.0 Å². The van der Waals surface area contributed by atoms with Crippen LogP contribution in [0.25, 0.3) is 0 Å². The predicted molar refractivity (Wildman–Crippen MR) is 94.5 cm³/mol. The van der Waals surface area contributed by atoms with Crippen LogP contribution in [0.1, 0.15) is 56.9 Å². The Morgan fingerprint density at radius 2 is 1.92 bits per heavy atom. The van der Waals surface area contributed by atoms with Gasteiger partial charge in [0.25, 0.3) is 0 Å². The molecule has 3 rings (SSSR count). The van der Waals surface area contributed by atoms with Gasteiger partial charge in [-0.3, -0.25) is 9.59 Å². The Morgan fingerprint density at radius 1 is 1.16 bits per heavy atom. The SMILES string of the molecule is O=C1CCCCC(C(=O)N(CCc2cccc(F)c2)C2CCCC2)N1. The van der Waals surface area contributed by atoms with E-state index in [4.69, 9.17) is 0 Å². The number of hydrogen-bond acceptors (Lipinski definition) is 2. The van der Waals surface area contributed by atoms with Crippen LogP contribution in [0.2, 0.25) is 0 Å². The zero-order chi connectivity index (χ0) is 17.6. The van der Waals surface area contributed by atoms with Crippen molar-refractivity contribution < 1.29 is 14.0 Å². The smallest absolute Gasteiger partial charge is 0.245 e. The Bertz CT molecular complexity index is 613. The highest BCUT2D eigenvalue weighted by atomic mass is 19.1. The summed E-state index contributed by atoms with van der Waals surface area (Å²) < 4.78 is 13.4. The van der Waals surface area contributed by atoms with Crippen molar-refractivity contribution in [3.8, 4) is 0 Å². The van der Waals surface area contributed by atoms with Crippen LogP contribution in [0, 0.1) is 5.82 Å². The molecule has 1 aromatic carbocycles. The highest BCUT2D eigenvalue weighted by Crippen LogP contribution is 2.25. The molecule has 2 amide bonds. The minimum Gasteiger partial charge on any atom is -0.344 e.